The lowest BCUT2D eigenvalue weighted by molar-refractivity contribution is 0.233. The lowest BCUT2D eigenvalue weighted by Gasteiger charge is -2.34. The molecular formula is C18H24N2O2. The summed E-state index contributed by atoms with van der Waals surface area (Å²) in [6.07, 6.45) is 2.02. The quantitative estimate of drug-likeness (QED) is 0.905. The van der Waals surface area contributed by atoms with E-state index in [1.54, 1.807) is 6.07 Å². The first kappa shape index (κ1) is 15.1. The van der Waals surface area contributed by atoms with Gasteiger partial charge in [-0.2, -0.15) is 0 Å². The molecule has 0 saturated carbocycles. The van der Waals surface area contributed by atoms with Gasteiger partial charge in [-0.25, -0.2) is 0 Å². The molecule has 1 unspecified atom stereocenters. The molecule has 0 aromatic carbocycles. The maximum absolute atomic E-state index is 9.95. The fourth-order valence-electron chi connectivity index (χ4n) is 3.32. The van der Waals surface area contributed by atoms with Crippen LogP contribution in [0.1, 0.15) is 54.8 Å². The molecule has 1 aliphatic rings. The lowest BCUT2D eigenvalue weighted by Crippen LogP contribution is -2.32. The highest BCUT2D eigenvalue weighted by atomic mass is 16.3. The minimum absolute atomic E-state index is 0.205. The molecule has 0 bridgehead atoms. The van der Waals surface area contributed by atoms with Crippen LogP contribution in [0.2, 0.25) is 0 Å². The van der Waals surface area contributed by atoms with Gasteiger partial charge in [0.2, 0.25) is 0 Å². The van der Waals surface area contributed by atoms with E-state index >= 15 is 0 Å². The smallest absolute Gasteiger partial charge is 0.138 e. The third-order valence-electron chi connectivity index (χ3n) is 4.34. The zero-order valence-electron chi connectivity index (χ0n) is 13.7. The van der Waals surface area contributed by atoms with Gasteiger partial charge in [0.1, 0.15) is 17.3 Å². The van der Waals surface area contributed by atoms with E-state index in [1.165, 1.54) is 5.56 Å². The first-order chi connectivity index (χ1) is 10.3. The molecule has 2 aromatic rings. The Morgan fingerprint density at radius 3 is 2.91 bits per heavy atom. The second-order valence-corrected chi connectivity index (χ2v) is 7.13. The summed E-state index contributed by atoms with van der Waals surface area (Å²) in [6, 6.07) is 5.89. The number of nitrogens with zero attached hydrogens (tertiary/aromatic N) is 1. The van der Waals surface area contributed by atoms with Gasteiger partial charge in [-0.1, -0.05) is 13.8 Å². The first-order valence-corrected chi connectivity index (χ1v) is 7.82. The maximum Gasteiger partial charge on any atom is 0.138 e. The molecule has 0 amide bonds. The number of aromatic hydroxyl groups is 1. The van der Waals surface area contributed by atoms with Crippen LogP contribution in [0.15, 0.2) is 22.6 Å². The van der Waals surface area contributed by atoms with Crippen molar-refractivity contribution in [1.82, 2.24) is 10.3 Å². The lowest BCUT2D eigenvalue weighted by atomic mass is 9.74. The van der Waals surface area contributed by atoms with E-state index in [-0.39, 0.29) is 17.2 Å². The second kappa shape index (κ2) is 5.43. The van der Waals surface area contributed by atoms with E-state index in [4.69, 9.17) is 4.42 Å². The molecule has 4 nitrogen and oxygen atoms in total. The highest BCUT2D eigenvalue weighted by Crippen LogP contribution is 2.42. The second-order valence-electron chi connectivity index (χ2n) is 7.13. The first-order valence-electron chi connectivity index (χ1n) is 7.82. The molecule has 0 aliphatic heterocycles. The number of nitrogens with one attached hydrogen (secondary N) is 1. The predicted molar refractivity (Wildman–Crippen MR) is 85.8 cm³/mol. The molecule has 118 valence electrons. The fraction of sp³-hybridized carbons (Fsp3) is 0.500. The van der Waals surface area contributed by atoms with Gasteiger partial charge in [-0.05, 0) is 43.9 Å². The number of hydrogen-bond acceptors (Lipinski definition) is 4. The number of furan rings is 1. The Labute approximate surface area is 131 Å². The van der Waals surface area contributed by atoms with Gasteiger partial charge in [0.25, 0.3) is 0 Å². The van der Waals surface area contributed by atoms with Gasteiger partial charge in [-0.15, -0.1) is 0 Å². The largest absolute Gasteiger partial charge is 0.506 e. The molecular weight excluding hydrogens is 276 g/mol. The number of rotatable bonds is 3. The third kappa shape index (κ3) is 3.02. The van der Waals surface area contributed by atoms with Crippen molar-refractivity contribution in [2.24, 2.45) is 5.41 Å². The molecule has 1 atom stereocenters. The van der Waals surface area contributed by atoms with Crippen molar-refractivity contribution in [2.45, 2.75) is 53.1 Å². The summed E-state index contributed by atoms with van der Waals surface area (Å²) in [5.74, 6) is 2.30. The van der Waals surface area contributed by atoms with Crippen LogP contribution < -0.4 is 5.32 Å². The van der Waals surface area contributed by atoms with Crippen molar-refractivity contribution in [2.75, 3.05) is 0 Å². The average Bonchev–Trinajstić information content (AvgIpc) is 2.78. The Kier molecular flexibility index (Phi) is 3.73. The van der Waals surface area contributed by atoms with Crippen molar-refractivity contribution < 1.29 is 9.52 Å². The summed E-state index contributed by atoms with van der Waals surface area (Å²) in [6.45, 7) is 9.02. The van der Waals surface area contributed by atoms with Crippen LogP contribution in [-0.4, -0.2) is 10.1 Å². The molecule has 2 heterocycles. The van der Waals surface area contributed by atoms with E-state index in [9.17, 15) is 5.11 Å². The number of hydrogen-bond donors (Lipinski definition) is 2. The molecule has 0 saturated heterocycles. The predicted octanol–water partition coefficient (Wildman–Crippen LogP) is 3.80. The van der Waals surface area contributed by atoms with Crippen LogP contribution >= 0.6 is 0 Å². The summed E-state index contributed by atoms with van der Waals surface area (Å²) >= 11 is 0. The fourth-order valence-corrected chi connectivity index (χ4v) is 3.32. The zero-order chi connectivity index (χ0) is 15.9. The van der Waals surface area contributed by atoms with Gasteiger partial charge >= 0.3 is 0 Å². The SMILES string of the molecule is Cc1ccc(O)c(CNC2CC(C)(C)Cc3oc(C)cc32)n1. The zero-order valence-corrected chi connectivity index (χ0v) is 13.7. The number of pyridine rings is 1. The Balaban J connectivity index is 1.81. The molecule has 3 rings (SSSR count). The van der Waals surface area contributed by atoms with E-state index in [0.717, 1.165) is 30.1 Å². The van der Waals surface area contributed by atoms with Crippen LogP contribution in [0.4, 0.5) is 0 Å². The number of aromatic nitrogens is 1. The highest BCUT2D eigenvalue weighted by molar-refractivity contribution is 5.31. The van der Waals surface area contributed by atoms with E-state index in [1.807, 2.05) is 19.9 Å². The van der Waals surface area contributed by atoms with Crippen molar-refractivity contribution in [1.29, 1.82) is 0 Å². The summed E-state index contributed by atoms with van der Waals surface area (Å²) in [5.41, 5.74) is 3.07. The summed E-state index contributed by atoms with van der Waals surface area (Å²) in [5, 5.41) is 13.5. The highest BCUT2D eigenvalue weighted by Gasteiger charge is 2.34. The van der Waals surface area contributed by atoms with Crippen LogP contribution in [-0.2, 0) is 13.0 Å². The van der Waals surface area contributed by atoms with E-state index in [0.29, 0.717) is 12.2 Å². The van der Waals surface area contributed by atoms with Crippen LogP contribution in [0.5, 0.6) is 5.75 Å². The summed E-state index contributed by atoms with van der Waals surface area (Å²) in [4.78, 5) is 4.42. The Bertz CT molecular complexity index is 688. The molecule has 1 aliphatic carbocycles. The van der Waals surface area contributed by atoms with Gasteiger partial charge in [-0.3, -0.25) is 4.98 Å². The molecule has 2 N–H and O–H groups in total. The summed E-state index contributed by atoms with van der Waals surface area (Å²) in [7, 11) is 0. The molecule has 0 spiro atoms. The standard InChI is InChI=1S/C18H24N2O2/c1-11-5-6-16(21)15(20-11)10-19-14-8-18(3,4)9-17-13(14)7-12(2)22-17/h5-7,14,19,21H,8-10H2,1-4H3. The number of aryl methyl sites for hydroxylation is 2. The molecule has 0 fully saturated rings. The van der Waals surface area contributed by atoms with Gasteiger partial charge in [0.15, 0.2) is 0 Å². The average molecular weight is 300 g/mol. The van der Waals surface area contributed by atoms with Gasteiger partial charge in [0.05, 0.1) is 5.69 Å². The van der Waals surface area contributed by atoms with E-state index < -0.39 is 0 Å². The minimum Gasteiger partial charge on any atom is -0.506 e. The normalized spacial score (nSPS) is 19.9. The van der Waals surface area contributed by atoms with Gasteiger partial charge in [0, 0.05) is 30.3 Å². The topological polar surface area (TPSA) is 58.3 Å². The Morgan fingerprint density at radius 2 is 2.14 bits per heavy atom. The summed E-state index contributed by atoms with van der Waals surface area (Å²) < 4.78 is 5.86. The molecule has 2 aromatic heterocycles. The Morgan fingerprint density at radius 1 is 1.36 bits per heavy atom. The van der Waals surface area contributed by atoms with Crippen LogP contribution in [0.3, 0.4) is 0 Å². The third-order valence-corrected chi connectivity index (χ3v) is 4.34. The maximum atomic E-state index is 9.95. The van der Waals surface area contributed by atoms with Crippen molar-refractivity contribution in [3.63, 3.8) is 0 Å². The van der Waals surface area contributed by atoms with E-state index in [2.05, 4.69) is 30.2 Å². The minimum atomic E-state index is 0.205. The van der Waals surface area contributed by atoms with Crippen LogP contribution in [0.25, 0.3) is 0 Å². The molecule has 4 heteroatoms. The van der Waals surface area contributed by atoms with Crippen molar-refractivity contribution in [3.8, 4) is 5.75 Å². The van der Waals surface area contributed by atoms with Crippen molar-refractivity contribution >= 4 is 0 Å². The molecule has 0 radical (unpaired) electrons. The number of fused-ring (bicyclic) bond motifs is 1. The molecule has 22 heavy (non-hydrogen) atoms. The van der Waals surface area contributed by atoms with Crippen LogP contribution in [0, 0.1) is 19.3 Å². The monoisotopic (exact) mass is 300 g/mol. The van der Waals surface area contributed by atoms with Gasteiger partial charge < -0.3 is 14.8 Å². The van der Waals surface area contributed by atoms with Crippen molar-refractivity contribution in [3.05, 3.63) is 46.7 Å². The Hall–Kier alpha value is -1.81.